The molecule has 0 radical (unpaired) electrons. The number of hydrogen-bond donors (Lipinski definition) is 1. The Bertz CT molecular complexity index is 592. The highest BCUT2D eigenvalue weighted by Gasteiger charge is 2.04. The summed E-state index contributed by atoms with van der Waals surface area (Å²) in [5.74, 6) is -0.417. The van der Waals surface area contributed by atoms with Crippen LogP contribution in [-0.2, 0) is 0 Å². The zero-order valence-electron chi connectivity index (χ0n) is 9.37. The van der Waals surface area contributed by atoms with Crippen molar-refractivity contribution < 1.29 is 4.39 Å². The second kappa shape index (κ2) is 4.26. The SMILES string of the molecule is Cc1cc(N)cc(-c2cc(F)cc(C#N)c2)c1. The van der Waals surface area contributed by atoms with Crippen LogP contribution >= 0.6 is 0 Å². The zero-order valence-corrected chi connectivity index (χ0v) is 9.37. The molecule has 0 aliphatic carbocycles. The number of halogens is 1. The third-order valence-electron chi connectivity index (χ3n) is 2.46. The molecule has 0 bridgehead atoms. The van der Waals surface area contributed by atoms with Crippen LogP contribution < -0.4 is 5.73 Å². The van der Waals surface area contributed by atoms with Gasteiger partial charge >= 0.3 is 0 Å². The number of nitriles is 1. The highest BCUT2D eigenvalue weighted by atomic mass is 19.1. The lowest BCUT2D eigenvalue weighted by molar-refractivity contribution is 0.628. The van der Waals surface area contributed by atoms with Crippen LogP contribution in [0.15, 0.2) is 36.4 Å². The van der Waals surface area contributed by atoms with Gasteiger partial charge in [-0.3, -0.25) is 0 Å². The predicted molar refractivity (Wildman–Crippen MR) is 65.7 cm³/mol. The number of anilines is 1. The van der Waals surface area contributed by atoms with Gasteiger partial charge in [-0.05, 0) is 53.9 Å². The van der Waals surface area contributed by atoms with Crippen molar-refractivity contribution >= 4 is 5.69 Å². The van der Waals surface area contributed by atoms with E-state index in [-0.39, 0.29) is 0 Å². The fourth-order valence-corrected chi connectivity index (χ4v) is 1.80. The van der Waals surface area contributed by atoms with E-state index in [1.807, 2.05) is 25.1 Å². The van der Waals surface area contributed by atoms with Crippen molar-refractivity contribution in [2.45, 2.75) is 6.92 Å². The van der Waals surface area contributed by atoms with Crippen molar-refractivity contribution in [3.8, 4) is 17.2 Å². The summed E-state index contributed by atoms with van der Waals surface area (Å²) in [4.78, 5) is 0. The molecule has 0 aliphatic heterocycles. The maximum absolute atomic E-state index is 13.3. The van der Waals surface area contributed by atoms with Crippen molar-refractivity contribution in [2.24, 2.45) is 0 Å². The molecule has 84 valence electrons. The van der Waals surface area contributed by atoms with Crippen LogP contribution in [0.2, 0.25) is 0 Å². The minimum atomic E-state index is -0.417. The minimum Gasteiger partial charge on any atom is -0.399 e. The fourth-order valence-electron chi connectivity index (χ4n) is 1.80. The predicted octanol–water partition coefficient (Wildman–Crippen LogP) is 3.26. The summed E-state index contributed by atoms with van der Waals surface area (Å²) in [5, 5.41) is 8.80. The van der Waals surface area contributed by atoms with Crippen LogP contribution in [0.1, 0.15) is 11.1 Å². The molecule has 0 saturated carbocycles. The first-order valence-corrected chi connectivity index (χ1v) is 5.17. The lowest BCUT2D eigenvalue weighted by atomic mass is 10.0. The van der Waals surface area contributed by atoms with Gasteiger partial charge in [0.1, 0.15) is 5.82 Å². The van der Waals surface area contributed by atoms with Crippen molar-refractivity contribution in [1.29, 1.82) is 5.26 Å². The van der Waals surface area contributed by atoms with E-state index in [4.69, 9.17) is 11.0 Å². The van der Waals surface area contributed by atoms with Crippen molar-refractivity contribution in [2.75, 3.05) is 5.73 Å². The minimum absolute atomic E-state index is 0.306. The smallest absolute Gasteiger partial charge is 0.125 e. The average molecular weight is 226 g/mol. The van der Waals surface area contributed by atoms with Gasteiger partial charge < -0.3 is 5.73 Å². The topological polar surface area (TPSA) is 49.8 Å². The first kappa shape index (κ1) is 11.2. The Morgan fingerprint density at radius 3 is 2.41 bits per heavy atom. The number of nitrogen functional groups attached to an aromatic ring is 1. The molecule has 2 aromatic rings. The Morgan fingerprint density at radius 2 is 1.76 bits per heavy atom. The second-order valence-corrected chi connectivity index (χ2v) is 3.97. The van der Waals surface area contributed by atoms with Gasteiger partial charge in [-0.2, -0.15) is 5.26 Å². The van der Waals surface area contributed by atoms with Crippen LogP contribution in [0, 0.1) is 24.1 Å². The molecule has 0 aliphatic rings. The number of benzene rings is 2. The van der Waals surface area contributed by atoms with E-state index in [9.17, 15) is 4.39 Å². The lowest BCUT2D eigenvalue weighted by Gasteiger charge is -2.06. The summed E-state index contributed by atoms with van der Waals surface area (Å²) in [6, 6.07) is 11.7. The third-order valence-corrected chi connectivity index (χ3v) is 2.46. The molecule has 17 heavy (non-hydrogen) atoms. The lowest BCUT2D eigenvalue weighted by Crippen LogP contribution is -1.89. The Kier molecular flexibility index (Phi) is 2.80. The summed E-state index contributed by atoms with van der Waals surface area (Å²) in [5.41, 5.74) is 9.16. The molecule has 0 unspecified atom stereocenters. The summed E-state index contributed by atoms with van der Waals surface area (Å²) in [6.07, 6.45) is 0. The first-order chi connectivity index (χ1) is 8.08. The molecule has 2 nitrogen and oxygen atoms in total. The fraction of sp³-hybridized carbons (Fsp3) is 0.0714. The molecule has 0 atom stereocenters. The number of nitrogens with zero attached hydrogens (tertiary/aromatic N) is 1. The molecule has 2 aromatic carbocycles. The molecule has 0 amide bonds. The van der Waals surface area contributed by atoms with E-state index in [1.54, 1.807) is 12.1 Å². The molecule has 0 aromatic heterocycles. The quantitative estimate of drug-likeness (QED) is 0.759. The number of hydrogen-bond acceptors (Lipinski definition) is 2. The maximum Gasteiger partial charge on any atom is 0.125 e. The Hall–Kier alpha value is -2.34. The zero-order chi connectivity index (χ0) is 12.4. The van der Waals surface area contributed by atoms with Crippen LogP contribution in [0.3, 0.4) is 0 Å². The summed E-state index contributed by atoms with van der Waals surface area (Å²) in [7, 11) is 0. The molecule has 0 fully saturated rings. The van der Waals surface area contributed by atoms with E-state index in [0.717, 1.165) is 11.1 Å². The third kappa shape index (κ3) is 2.43. The van der Waals surface area contributed by atoms with Gasteiger partial charge in [-0.25, -0.2) is 4.39 Å². The molecule has 2 rings (SSSR count). The van der Waals surface area contributed by atoms with Crippen molar-refractivity contribution in [1.82, 2.24) is 0 Å². The van der Waals surface area contributed by atoms with E-state index in [1.165, 1.54) is 12.1 Å². The molecular weight excluding hydrogens is 215 g/mol. The van der Waals surface area contributed by atoms with Gasteiger partial charge in [0.25, 0.3) is 0 Å². The number of nitrogens with two attached hydrogens (primary N) is 1. The molecule has 0 heterocycles. The summed E-state index contributed by atoms with van der Waals surface area (Å²) in [6.45, 7) is 1.92. The van der Waals surface area contributed by atoms with Gasteiger partial charge in [0.05, 0.1) is 11.6 Å². The van der Waals surface area contributed by atoms with E-state index in [2.05, 4.69) is 0 Å². The maximum atomic E-state index is 13.3. The highest BCUT2D eigenvalue weighted by Crippen LogP contribution is 2.25. The van der Waals surface area contributed by atoms with E-state index in [0.29, 0.717) is 16.8 Å². The first-order valence-electron chi connectivity index (χ1n) is 5.17. The molecule has 3 heteroatoms. The van der Waals surface area contributed by atoms with Crippen LogP contribution in [0.5, 0.6) is 0 Å². The number of rotatable bonds is 1. The van der Waals surface area contributed by atoms with Gasteiger partial charge in [0.2, 0.25) is 0 Å². The molecule has 0 saturated heterocycles. The average Bonchev–Trinajstić information content (AvgIpc) is 2.26. The number of aryl methyl sites for hydroxylation is 1. The van der Waals surface area contributed by atoms with Gasteiger partial charge in [-0.15, -0.1) is 0 Å². The Labute approximate surface area is 99.1 Å². The van der Waals surface area contributed by atoms with E-state index >= 15 is 0 Å². The summed E-state index contributed by atoms with van der Waals surface area (Å²) < 4.78 is 13.3. The van der Waals surface area contributed by atoms with Gasteiger partial charge in [0, 0.05) is 5.69 Å². The Morgan fingerprint density at radius 1 is 1.06 bits per heavy atom. The van der Waals surface area contributed by atoms with Crippen LogP contribution in [-0.4, -0.2) is 0 Å². The van der Waals surface area contributed by atoms with Gasteiger partial charge in [-0.1, -0.05) is 6.07 Å². The van der Waals surface area contributed by atoms with Crippen molar-refractivity contribution in [3.63, 3.8) is 0 Å². The largest absolute Gasteiger partial charge is 0.399 e. The monoisotopic (exact) mass is 226 g/mol. The van der Waals surface area contributed by atoms with Gasteiger partial charge in [0.15, 0.2) is 0 Å². The van der Waals surface area contributed by atoms with E-state index < -0.39 is 5.82 Å². The molecule has 0 spiro atoms. The van der Waals surface area contributed by atoms with Crippen molar-refractivity contribution in [3.05, 3.63) is 53.3 Å². The second-order valence-electron chi connectivity index (χ2n) is 3.97. The normalized spacial score (nSPS) is 9.94. The molecule has 2 N–H and O–H groups in total. The standard InChI is InChI=1S/C14H11FN2/c1-9-2-11(7-14(17)3-9)12-4-10(8-16)5-13(15)6-12/h2-7H,17H2,1H3. The molecular formula is C14H11FN2. The van der Waals surface area contributed by atoms with Crippen LogP contribution in [0.4, 0.5) is 10.1 Å². The highest BCUT2D eigenvalue weighted by molar-refractivity contribution is 5.69. The Balaban J connectivity index is 2.60. The van der Waals surface area contributed by atoms with Crippen LogP contribution in [0.25, 0.3) is 11.1 Å². The summed E-state index contributed by atoms with van der Waals surface area (Å²) >= 11 is 0.